The smallest absolute Gasteiger partial charge is 0.221 e. The molecule has 7 heteroatoms. The third kappa shape index (κ3) is 4.68. The van der Waals surface area contributed by atoms with E-state index in [4.69, 9.17) is 11.6 Å². The third-order valence-electron chi connectivity index (χ3n) is 3.46. The van der Waals surface area contributed by atoms with Crippen molar-refractivity contribution in [2.45, 2.75) is 13.8 Å². The lowest BCUT2D eigenvalue weighted by molar-refractivity contribution is -0.114. The number of nitrogens with zero attached hydrogens (tertiary/aromatic N) is 2. The van der Waals surface area contributed by atoms with Crippen molar-refractivity contribution in [3.05, 3.63) is 64.7 Å². The SMILES string of the molecule is CC(=O)Nc1sc(N/N=C/c2cccc(Cl)c2)nc1-c1ccc(C)cc1. The number of amides is 1. The second-order valence-electron chi connectivity index (χ2n) is 5.67. The van der Waals surface area contributed by atoms with Crippen molar-refractivity contribution in [2.75, 3.05) is 10.7 Å². The monoisotopic (exact) mass is 384 g/mol. The number of benzene rings is 2. The van der Waals surface area contributed by atoms with Gasteiger partial charge < -0.3 is 5.32 Å². The van der Waals surface area contributed by atoms with Crippen LogP contribution in [0.15, 0.2) is 53.6 Å². The summed E-state index contributed by atoms with van der Waals surface area (Å²) in [6.45, 7) is 3.50. The summed E-state index contributed by atoms with van der Waals surface area (Å²) in [6, 6.07) is 15.4. The van der Waals surface area contributed by atoms with Gasteiger partial charge in [-0.15, -0.1) is 0 Å². The van der Waals surface area contributed by atoms with Gasteiger partial charge >= 0.3 is 0 Å². The van der Waals surface area contributed by atoms with Gasteiger partial charge in [-0.05, 0) is 24.6 Å². The Bertz CT molecular complexity index is 950. The highest BCUT2D eigenvalue weighted by atomic mass is 35.5. The number of aromatic nitrogens is 1. The predicted octanol–water partition coefficient (Wildman–Crippen LogP) is 5.18. The molecule has 0 aliphatic carbocycles. The number of carbonyl (C=O) groups is 1. The molecule has 26 heavy (non-hydrogen) atoms. The Balaban J connectivity index is 1.83. The van der Waals surface area contributed by atoms with Crippen molar-refractivity contribution in [1.82, 2.24) is 4.98 Å². The molecule has 1 aromatic heterocycles. The quantitative estimate of drug-likeness (QED) is 0.470. The molecule has 0 fully saturated rings. The number of nitrogens with one attached hydrogen (secondary N) is 2. The van der Waals surface area contributed by atoms with E-state index >= 15 is 0 Å². The first-order valence-electron chi connectivity index (χ1n) is 7.91. The molecular weight excluding hydrogens is 368 g/mol. The molecule has 0 unspecified atom stereocenters. The Morgan fingerprint density at radius 1 is 1.23 bits per heavy atom. The van der Waals surface area contributed by atoms with Crippen LogP contribution in [-0.2, 0) is 4.79 Å². The summed E-state index contributed by atoms with van der Waals surface area (Å²) in [4.78, 5) is 16.1. The Kier molecular flexibility index (Phi) is 5.65. The zero-order chi connectivity index (χ0) is 18.5. The van der Waals surface area contributed by atoms with Gasteiger partial charge in [-0.1, -0.05) is 64.9 Å². The number of anilines is 2. The molecule has 0 saturated heterocycles. The maximum Gasteiger partial charge on any atom is 0.221 e. The van der Waals surface area contributed by atoms with Crippen LogP contribution in [0.25, 0.3) is 11.3 Å². The minimum Gasteiger partial charge on any atom is -0.316 e. The molecule has 1 amide bonds. The van der Waals surface area contributed by atoms with Crippen LogP contribution in [0.1, 0.15) is 18.1 Å². The maximum atomic E-state index is 11.5. The van der Waals surface area contributed by atoms with Crippen LogP contribution in [0.4, 0.5) is 10.1 Å². The van der Waals surface area contributed by atoms with Crippen LogP contribution >= 0.6 is 22.9 Å². The molecule has 2 N–H and O–H groups in total. The first-order valence-corrected chi connectivity index (χ1v) is 9.11. The molecule has 3 aromatic rings. The summed E-state index contributed by atoms with van der Waals surface area (Å²) in [5.41, 5.74) is 6.60. The fourth-order valence-corrected chi connectivity index (χ4v) is 3.35. The molecule has 132 valence electrons. The fourth-order valence-electron chi connectivity index (χ4n) is 2.27. The number of thiazole rings is 1. The van der Waals surface area contributed by atoms with Crippen LogP contribution in [0.3, 0.4) is 0 Å². The standard InChI is InChI=1S/C19H17ClN4OS/c1-12-6-8-15(9-7-12)17-18(22-13(2)25)26-19(23-17)24-21-11-14-4-3-5-16(20)10-14/h3-11H,1-2H3,(H,22,25)(H,23,24)/b21-11+. The summed E-state index contributed by atoms with van der Waals surface area (Å²) in [7, 11) is 0. The summed E-state index contributed by atoms with van der Waals surface area (Å²) in [5.74, 6) is -0.143. The van der Waals surface area contributed by atoms with Gasteiger partial charge in [0.05, 0.1) is 6.21 Å². The molecular formula is C19H17ClN4OS. The zero-order valence-corrected chi connectivity index (χ0v) is 15.9. The molecule has 2 aromatic carbocycles. The maximum absolute atomic E-state index is 11.5. The number of carbonyl (C=O) groups excluding carboxylic acids is 1. The second-order valence-corrected chi connectivity index (χ2v) is 7.10. The molecule has 1 heterocycles. The molecule has 0 atom stereocenters. The number of halogens is 1. The lowest BCUT2D eigenvalue weighted by Gasteiger charge is -2.02. The zero-order valence-electron chi connectivity index (χ0n) is 14.3. The molecule has 0 aliphatic rings. The van der Waals surface area contributed by atoms with Crippen molar-refractivity contribution in [2.24, 2.45) is 5.10 Å². The van der Waals surface area contributed by atoms with E-state index < -0.39 is 0 Å². The molecule has 0 radical (unpaired) electrons. The highest BCUT2D eigenvalue weighted by Crippen LogP contribution is 2.36. The number of aryl methyl sites for hydroxylation is 1. The topological polar surface area (TPSA) is 66.4 Å². The minimum atomic E-state index is -0.143. The Morgan fingerprint density at radius 2 is 2.00 bits per heavy atom. The van der Waals surface area contributed by atoms with Crippen LogP contribution in [0.5, 0.6) is 0 Å². The van der Waals surface area contributed by atoms with Crippen LogP contribution in [0, 0.1) is 6.92 Å². The van der Waals surface area contributed by atoms with Gasteiger partial charge in [0.25, 0.3) is 0 Å². The van der Waals surface area contributed by atoms with Crippen molar-refractivity contribution in [1.29, 1.82) is 0 Å². The van der Waals surface area contributed by atoms with E-state index in [-0.39, 0.29) is 5.91 Å². The largest absolute Gasteiger partial charge is 0.316 e. The third-order valence-corrected chi connectivity index (χ3v) is 4.57. The first kappa shape index (κ1) is 18.1. The normalized spacial score (nSPS) is 10.9. The summed E-state index contributed by atoms with van der Waals surface area (Å²) in [5, 5.41) is 8.94. The number of hydrazone groups is 1. The van der Waals surface area contributed by atoms with E-state index in [1.165, 1.54) is 18.3 Å². The average molecular weight is 385 g/mol. The van der Waals surface area contributed by atoms with Crippen LogP contribution < -0.4 is 10.7 Å². The van der Waals surface area contributed by atoms with Gasteiger partial charge in [0, 0.05) is 17.5 Å². The van der Waals surface area contributed by atoms with Gasteiger partial charge in [-0.2, -0.15) is 5.10 Å². The predicted molar refractivity (Wildman–Crippen MR) is 109 cm³/mol. The molecule has 0 saturated carbocycles. The molecule has 3 rings (SSSR count). The summed E-state index contributed by atoms with van der Waals surface area (Å²) < 4.78 is 0. The number of hydrogen-bond acceptors (Lipinski definition) is 5. The van der Waals surface area contributed by atoms with E-state index in [1.807, 2.05) is 49.4 Å². The Morgan fingerprint density at radius 3 is 2.69 bits per heavy atom. The average Bonchev–Trinajstić information content (AvgIpc) is 2.97. The van der Waals surface area contributed by atoms with Crippen molar-refractivity contribution < 1.29 is 4.79 Å². The lowest BCUT2D eigenvalue weighted by atomic mass is 10.1. The fraction of sp³-hybridized carbons (Fsp3) is 0.105. The highest BCUT2D eigenvalue weighted by molar-refractivity contribution is 7.20. The van der Waals surface area contributed by atoms with Crippen molar-refractivity contribution in [3.63, 3.8) is 0 Å². The van der Waals surface area contributed by atoms with Crippen LogP contribution in [0.2, 0.25) is 5.02 Å². The van der Waals surface area contributed by atoms with Gasteiger partial charge in [0.15, 0.2) is 0 Å². The van der Waals surface area contributed by atoms with Crippen molar-refractivity contribution >= 4 is 45.2 Å². The van der Waals surface area contributed by atoms with Gasteiger partial charge in [-0.25, -0.2) is 4.98 Å². The molecule has 0 bridgehead atoms. The number of hydrogen-bond donors (Lipinski definition) is 2. The highest BCUT2D eigenvalue weighted by Gasteiger charge is 2.14. The summed E-state index contributed by atoms with van der Waals surface area (Å²) in [6.07, 6.45) is 1.66. The van der Waals surface area contributed by atoms with E-state index in [2.05, 4.69) is 20.8 Å². The van der Waals surface area contributed by atoms with Gasteiger partial charge in [-0.3, -0.25) is 10.2 Å². The van der Waals surface area contributed by atoms with Crippen molar-refractivity contribution in [3.8, 4) is 11.3 Å². The number of rotatable bonds is 5. The molecule has 5 nitrogen and oxygen atoms in total. The Labute approximate surface area is 160 Å². The molecule has 0 spiro atoms. The molecule has 0 aliphatic heterocycles. The van der Waals surface area contributed by atoms with Gasteiger partial charge in [0.2, 0.25) is 11.0 Å². The van der Waals surface area contributed by atoms with E-state index in [1.54, 1.807) is 12.3 Å². The van der Waals surface area contributed by atoms with E-state index in [9.17, 15) is 4.79 Å². The van der Waals surface area contributed by atoms with E-state index in [0.29, 0.717) is 20.8 Å². The van der Waals surface area contributed by atoms with Gasteiger partial charge in [0.1, 0.15) is 10.7 Å². The van der Waals surface area contributed by atoms with Crippen LogP contribution in [-0.4, -0.2) is 17.1 Å². The lowest BCUT2D eigenvalue weighted by Crippen LogP contribution is -2.05. The first-order chi connectivity index (χ1) is 12.5. The second kappa shape index (κ2) is 8.12. The minimum absolute atomic E-state index is 0.143. The van der Waals surface area contributed by atoms with E-state index in [0.717, 1.165) is 16.7 Å². The summed E-state index contributed by atoms with van der Waals surface area (Å²) >= 11 is 7.29. The Hall–Kier alpha value is -2.70.